The van der Waals surface area contributed by atoms with Crippen LogP contribution in [0, 0.1) is 5.92 Å². The Morgan fingerprint density at radius 1 is 1.27 bits per heavy atom. The van der Waals surface area contributed by atoms with Crippen LogP contribution < -0.4 is 5.32 Å². The minimum atomic E-state index is -4.08. The fourth-order valence-electron chi connectivity index (χ4n) is 1.92. The van der Waals surface area contributed by atoms with Crippen LogP contribution in [0.3, 0.4) is 0 Å². The molecule has 1 fully saturated rings. The molecule has 0 aromatic heterocycles. The topological polar surface area (TPSA) is 15.3 Å². The van der Waals surface area contributed by atoms with Crippen LogP contribution in [0.5, 0.6) is 0 Å². The molecule has 1 N–H and O–H groups in total. The predicted octanol–water partition coefficient (Wildman–Crippen LogP) is 1.87. The molecule has 0 spiro atoms. The van der Waals surface area contributed by atoms with E-state index in [1.165, 1.54) is 0 Å². The monoisotopic (exact) mass is 224 g/mol. The van der Waals surface area contributed by atoms with Gasteiger partial charge in [-0.05, 0) is 44.9 Å². The Hall–Kier alpha value is -0.290. The molecule has 0 bridgehead atoms. The van der Waals surface area contributed by atoms with Gasteiger partial charge in [0.05, 0.1) is 6.54 Å². The molecule has 0 unspecified atom stereocenters. The van der Waals surface area contributed by atoms with Crippen LogP contribution in [0.15, 0.2) is 0 Å². The Morgan fingerprint density at radius 2 is 1.87 bits per heavy atom. The third-order valence-corrected chi connectivity index (χ3v) is 2.91. The summed E-state index contributed by atoms with van der Waals surface area (Å²) in [5.74, 6) is 0.412. The zero-order chi connectivity index (χ0) is 11.3. The van der Waals surface area contributed by atoms with Gasteiger partial charge < -0.3 is 10.2 Å². The average Bonchev–Trinajstić information content (AvgIpc) is 2.17. The highest BCUT2D eigenvalue weighted by Gasteiger charge is 2.27. The Morgan fingerprint density at radius 3 is 2.33 bits per heavy atom. The molecule has 0 atom stereocenters. The molecule has 0 saturated carbocycles. The summed E-state index contributed by atoms with van der Waals surface area (Å²) in [4.78, 5) is 2.33. The number of hydrogen-bond acceptors (Lipinski definition) is 2. The maximum absolute atomic E-state index is 11.9. The number of hydrogen-bond donors (Lipinski definition) is 1. The standard InChI is InChI=1S/C10H19F3N2/c1-2-15-5-3-9(4-6-15)7-14-8-10(11,12)13/h9,14H,2-8H2,1H3. The molecule has 1 rings (SSSR count). The second-order valence-electron chi connectivity index (χ2n) is 4.12. The summed E-state index contributed by atoms with van der Waals surface area (Å²) in [6.07, 6.45) is -2.05. The lowest BCUT2D eigenvalue weighted by Crippen LogP contribution is -2.39. The fourth-order valence-corrected chi connectivity index (χ4v) is 1.92. The van der Waals surface area contributed by atoms with Gasteiger partial charge in [-0.25, -0.2) is 0 Å². The van der Waals surface area contributed by atoms with Crippen LogP contribution in [0.25, 0.3) is 0 Å². The van der Waals surface area contributed by atoms with Gasteiger partial charge in [-0.3, -0.25) is 0 Å². The number of nitrogens with one attached hydrogen (secondary N) is 1. The number of alkyl halides is 3. The number of rotatable bonds is 4. The first-order chi connectivity index (χ1) is 7.01. The minimum Gasteiger partial charge on any atom is -0.308 e. The van der Waals surface area contributed by atoms with E-state index in [0.717, 1.165) is 32.5 Å². The minimum absolute atomic E-state index is 0.412. The lowest BCUT2D eigenvalue weighted by atomic mass is 9.97. The average molecular weight is 224 g/mol. The van der Waals surface area contributed by atoms with Gasteiger partial charge in [0.2, 0.25) is 0 Å². The van der Waals surface area contributed by atoms with Crippen LogP contribution >= 0.6 is 0 Å². The number of likely N-dealkylation sites (tertiary alicyclic amines) is 1. The molecule has 2 nitrogen and oxygen atoms in total. The molecule has 15 heavy (non-hydrogen) atoms. The molecule has 0 aromatic carbocycles. The highest BCUT2D eigenvalue weighted by atomic mass is 19.4. The van der Waals surface area contributed by atoms with Gasteiger partial charge in [-0.2, -0.15) is 13.2 Å². The first kappa shape index (κ1) is 12.8. The first-order valence-corrected chi connectivity index (χ1v) is 5.51. The molecule has 1 aliphatic rings. The molecule has 5 heteroatoms. The van der Waals surface area contributed by atoms with Crippen molar-refractivity contribution in [1.29, 1.82) is 0 Å². The smallest absolute Gasteiger partial charge is 0.308 e. The van der Waals surface area contributed by atoms with Crippen LogP contribution in [0.4, 0.5) is 13.2 Å². The van der Waals surface area contributed by atoms with Gasteiger partial charge >= 0.3 is 6.18 Å². The molecule has 1 heterocycles. The molecule has 1 saturated heterocycles. The lowest BCUT2D eigenvalue weighted by molar-refractivity contribution is -0.125. The van der Waals surface area contributed by atoms with E-state index in [-0.39, 0.29) is 0 Å². The van der Waals surface area contributed by atoms with Gasteiger partial charge in [0.25, 0.3) is 0 Å². The molecule has 0 aromatic rings. The van der Waals surface area contributed by atoms with E-state index < -0.39 is 12.7 Å². The highest BCUT2D eigenvalue weighted by molar-refractivity contribution is 4.73. The van der Waals surface area contributed by atoms with E-state index in [4.69, 9.17) is 0 Å². The number of nitrogens with zero attached hydrogens (tertiary/aromatic N) is 1. The van der Waals surface area contributed by atoms with Crippen LogP contribution in [0.2, 0.25) is 0 Å². The van der Waals surface area contributed by atoms with Gasteiger partial charge in [0.15, 0.2) is 0 Å². The lowest BCUT2D eigenvalue weighted by Gasteiger charge is -2.31. The third-order valence-electron chi connectivity index (χ3n) is 2.91. The van der Waals surface area contributed by atoms with E-state index in [1.807, 2.05) is 0 Å². The first-order valence-electron chi connectivity index (χ1n) is 5.51. The predicted molar refractivity (Wildman–Crippen MR) is 53.8 cm³/mol. The van der Waals surface area contributed by atoms with Crippen molar-refractivity contribution in [3.05, 3.63) is 0 Å². The summed E-state index contributed by atoms with van der Waals surface area (Å²) in [5, 5.41) is 2.48. The molecular formula is C10H19F3N2. The van der Waals surface area contributed by atoms with E-state index in [0.29, 0.717) is 12.5 Å². The van der Waals surface area contributed by atoms with Crippen molar-refractivity contribution >= 4 is 0 Å². The van der Waals surface area contributed by atoms with Crippen LogP contribution in [0.1, 0.15) is 19.8 Å². The summed E-state index contributed by atoms with van der Waals surface area (Å²) in [5.41, 5.74) is 0. The van der Waals surface area contributed by atoms with Crippen molar-refractivity contribution in [2.24, 2.45) is 5.92 Å². The Kier molecular flexibility index (Phi) is 4.86. The second-order valence-corrected chi connectivity index (χ2v) is 4.12. The van der Waals surface area contributed by atoms with Crippen molar-refractivity contribution < 1.29 is 13.2 Å². The molecule has 0 aliphatic carbocycles. The second kappa shape index (κ2) is 5.70. The van der Waals surface area contributed by atoms with Crippen molar-refractivity contribution in [3.63, 3.8) is 0 Å². The van der Waals surface area contributed by atoms with Crippen LogP contribution in [-0.2, 0) is 0 Å². The van der Waals surface area contributed by atoms with Crippen LogP contribution in [-0.4, -0.2) is 43.8 Å². The Labute approximate surface area is 88.8 Å². The molecule has 0 amide bonds. The van der Waals surface area contributed by atoms with Gasteiger partial charge in [-0.1, -0.05) is 6.92 Å². The summed E-state index contributed by atoms with van der Waals surface area (Å²) in [6.45, 7) is 4.84. The summed E-state index contributed by atoms with van der Waals surface area (Å²) in [7, 11) is 0. The van der Waals surface area contributed by atoms with E-state index >= 15 is 0 Å². The van der Waals surface area contributed by atoms with Gasteiger partial charge in [0, 0.05) is 0 Å². The molecule has 0 radical (unpaired) electrons. The van der Waals surface area contributed by atoms with Crippen molar-refractivity contribution in [1.82, 2.24) is 10.2 Å². The van der Waals surface area contributed by atoms with Crippen molar-refractivity contribution in [2.75, 3.05) is 32.7 Å². The summed E-state index contributed by atoms with van der Waals surface area (Å²) in [6, 6.07) is 0. The zero-order valence-electron chi connectivity index (χ0n) is 9.11. The van der Waals surface area contributed by atoms with E-state index in [1.54, 1.807) is 0 Å². The molecule has 1 aliphatic heterocycles. The largest absolute Gasteiger partial charge is 0.401 e. The third kappa shape index (κ3) is 5.37. The molecule has 90 valence electrons. The number of piperidine rings is 1. The van der Waals surface area contributed by atoms with E-state index in [9.17, 15) is 13.2 Å². The maximum Gasteiger partial charge on any atom is 0.401 e. The quantitative estimate of drug-likeness (QED) is 0.784. The van der Waals surface area contributed by atoms with Crippen molar-refractivity contribution in [3.8, 4) is 0 Å². The van der Waals surface area contributed by atoms with Gasteiger partial charge in [0.1, 0.15) is 0 Å². The Bertz CT molecular complexity index is 174. The van der Waals surface area contributed by atoms with Gasteiger partial charge in [-0.15, -0.1) is 0 Å². The molecular weight excluding hydrogens is 205 g/mol. The zero-order valence-corrected chi connectivity index (χ0v) is 9.11. The van der Waals surface area contributed by atoms with Crippen molar-refractivity contribution in [2.45, 2.75) is 25.9 Å². The summed E-state index contributed by atoms with van der Waals surface area (Å²) < 4.78 is 35.6. The maximum atomic E-state index is 11.9. The summed E-state index contributed by atoms with van der Waals surface area (Å²) >= 11 is 0. The highest BCUT2D eigenvalue weighted by Crippen LogP contribution is 2.17. The normalized spacial score (nSPS) is 20.8. The van der Waals surface area contributed by atoms with E-state index in [2.05, 4.69) is 17.1 Å². The fraction of sp³-hybridized carbons (Fsp3) is 1.00. The SMILES string of the molecule is CCN1CCC(CNCC(F)(F)F)CC1. The Balaban J connectivity index is 2.09. The number of halogens is 3.